The Hall–Kier alpha value is -2.36. The molecular formula is C23H29N3O2S. The lowest BCUT2D eigenvalue weighted by Crippen LogP contribution is -2.24. The summed E-state index contributed by atoms with van der Waals surface area (Å²) >= 11 is 0. The Morgan fingerprint density at radius 1 is 1.24 bits per heavy atom. The van der Waals surface area contributed by atoms with Crippen molar-refractivity contribution in [3.05, 3.63) is 59.7 Å². The molecule has 0 amide bonds. The topological polar surface area (TPSA) is 65.7 Å². The van der Waals surface area contributed by atoms with Gasteiger partial charge in [-0.1, -0.05) is 19.1 Å². The van der Waals surface area contributed by atoms with Crippen LogP contribution in [0.5, 0.6) is 5.75 Å². The van der Waals surface area contributed by atoms with E-state index in [0.717, 1.165) is 42.3 Å². The fourth-order valence-electron chi connectivity index (χ4n) is 3.72. The van der Waals surface area contributed by atoms with Crippen LogP contribution in [0, 0.1) is 23.2 Å². The highest BCUT2D eigenvalue weighted by Gasteiger charge is 2.29. The van der Waals surface area contributed by atoms with Gasteiger partial charge < -0.3 is 9.64 Å². The second kappa shape index (κ2) is 9.43. The zero-order chi connectivity index (χ0) is 20.9. The predicted molar refractivity (Wildman–Crippen MR) is 117 cm³/mol. The Bertz CT molecular complexity index is 988. The number of likely N-dealkylation sites (tertiary alicyclic amines) is 1. The highest BCUT2D eigenvalue weighted by Crippen LogP contribution is 2.25. The van der Waals surface area contributed by atoms with Gasteiger partial charge in [-0.15, -0.1) is 0 Å². The summed E-state index contributed by atoms with van der Waals surface area (Å²) in [7, 11) is -0.717. The Labute approximate surface area is 174 Å². The molecule has 0 saturated carbocycles. The van der Waals surface area contributed by atoms with Crippen molar-refractivity contribution in [1.29, 1.82) is 5.26 Å². The number of benzene rings is 2. The minimum atomic E-state index is -2.30. The maximum Gasteiger partial charge on any atom is 0.119 e. The van der Waals surface area contributed by atoms with Crippen LogP contribution in [0.2, 0.25) is 0 Å². The fourth-order valence-corrected chi connectivity index (χ4v) is 4.57. The average molecular weight is 412 g/mol. The molecule has 0 spiro atoms. The van der Waals surface area contributed by atoms with Crippen molar-refractivity contribution in [2.75, 3.05) is 39.5 Å². The van der Waals surface area contributed by atoms with Gasteiger partial charge in [0.15, 0.2) is 0 Å². The summed E-state index contributed by atoms with van der Waals surface area (Å²) in [5.74, 6) is 1.87. The van der Waals surface area contributed by atoms with Gasteiger partial charge in [0, 0.05) is 43.8 Å². The van der Waals surface area contributed by atoms with Gasteiger partial charge in [0.25, 0.3) is 0 Å². The fraction of sp³-hybridized carbons (Fsp3) is 0.435. The molecule has 0 radical (unpaired) electrons. The van der Waals surface area contributed by atoms with E-state index >= 15 is 0 Å². The van der Waals surface area contributed by atoms with Gasteiger partial charge >= 0.3 is 0 Å². The first-order valence-corrected chi connectivity index (χ1v) is 11.9. The summed E-state index contributed by atoms with van der Waals surface area (Å²) in [4.78, 5) is 3.21. The summed E-state index contributed by atoms with van der Waals surface area (Å²) in [6, 6.07) is 17.5. The normalized spacial score (nSPS) is 21.3. The summed E-state index contributed by atoms with van der Waals surface area (Å²) in [6.45, 7) is 6.05. The predicted octanol–water partition coefficient (Wildman–Crippen LogP) is 3.83. The molecule has 6 heteroatoms. The van der Waals surface area contributed by atoms with Crippen LogP contribution in [0.4, 0.5) is 0 Å². The number of nitrogens with zero attached hydrogens (tertiary/aromatic N) is 3. The Morgan fingerprint density at radius 2 is 2.00 bits per heavy atom. The van der Waals surface area contributed by atoms with Gasteiger partial charge in [0.05, 0.1) is 28.0 Å². The Kier molecular flexibility index (Phi) is 6.94. The molecule has 5 nitrogen and oxygen atoms in total. The summed E-state index contributed by atoms with van der Waals surface area (Å²) < 4.78 is 22.3. The molecule has 29 heavy (non-hydrogen) atoms. The zero-order valence-electron chi connectivity index (χ0n) is 17.4. The molecule has 1 aliphatic rings. The molecule has 154 valence electrons. The number of hydrogen-bond acceptors (Lipinski definition) is 5. The standard InChI is InChI=1S/C23H29N3O2S/c1-18-15-26(12-11-19-5-4-6-20(13-19)14-24)16-21(18)17-28-22-7-9-23(10-8-22)29(3,27)25-2/h4-10,13,18,21H,11-12,15-17H2,1-3H3. The maximum atomic E-state index is 12.3. The van der Waals surface area contributed by atoms with Gasteiger partial charge in [-0.2, -0.15) is 5.26 Å². The van der Waals surface area contributed by atoms with Crippen LogP contribution in [-0.2, 0) is 16.1 Å². The first kappa shape index (κ1) is 21.4. The monoisotopic (exact) mass is 411 g/mol. The van der Waals surface area contributed by atoms with Crippen molar-refractivity contribution < 1.29 is 8.95 Å². The molecule has 1 aliphatic heterocycles. The lowest BCUT2D eigenvalue weighted by atomic mass is 9.99. The molecule has 2 aromatic rings. The molecule has 3 rings (SSSR count). The minimum Gasteiger partial charge on any atom is -0.493 e. The van der Waals surface area contributed by atoms with E-state index in [-0.39, 0.29) is 0 Å². The third-order valence-electron chi connectivity index (χ3n) is 5.69. The van der Waals surface area contributed by atoms with E-state index in [1.807, 2.05) is 42.5 Å². The molecule has 1 saturated heterocycles. The van der Waals surface area contributed by atoms with Crippen LogP contribution >= 0.6 is 0 Å². The van der Waals surface area contributed by atoms with Crippen molar-refractivity contribution >= 4 is 9.73 Å². The molecule has 0 aliphatic carbocycles. The first-order valence-electron chi connectivity index (χ1n) is 9.96. The third kappa shape index (κ3) is 5.59. The van der Waals surface area contributed by atoms with Crippen molar-refractivity contribution in [1.82, 2.24) is 4.90 Å². The van der Waals surface area contributed by atoms with E-state index in [9.17, 15) is 4.21 Å². The van der Waals surface area contributed by atoms with Crippen molar-refractivity contribution in [2.24, 2.45) is 16.2 Å². The molecular weight excluding hydrogens is 382 g/mol. The van der Waals surface area contributed by atoms with Gasteiger partial charge in [-0.05, 0) is 54.3 Å². The molecule has 3 atom stereocenters. The summed E-state index contributed by atoms with van der Waals surface area (Å²) in [6.07, 6.45) is 2.60. The molecule has 3 unspecified atom stereocenters. The Balaban J connectivity index is 1.50. The van der Waals surface area contributed by atoms with Gasteiger partial charge in [-0.25, -0.2) is 8.57 Å². The van der Waals surface area contributed by atoms with Gasteiger partial charge in [-0.3, -0.25) is 0 Å². The molecule has 0 N–H and O–H groups in total. The van der Waals surface area contributed by atoms with Crippen molar-refractivity contribution in [3.8, 4) is 11.8 Å². The van der Waals surface area contributed by atoms with E-state index < -0.39 is 9.73 Å². The maximum absolute atomic E-state index is 12.3. The highest BCUT2D eigenvalue weighted by atomic mass is 32.2. The van der Waals surface area contributed by atoms with Crippen molar-refractivity contribution in [3.63, 3.8) is 0 Å². The van der Waals surface area contributed by atoms with Crippen LogP contribution in [0.1, 0.15) is 18.1 Å². The minimum absolute atomic E-state index is 0.487. The number of nitriles is 1. The highest BCUT2D eigenvalue weighted by molar-refractivity contribution is 7.93. The van der Waals surface area contributed by atoms with Gasteiger partial charge in [0.1, 0.15) is 5.75 Å². The zero-order valence-corrected chi connectivity index (χ0v) is 18.2. The molecule has 1 heterocycles. The Morgan fingerprint density at radius 3 is 2.69 bits per heavy atom. The first-order chi connectivity index (χ1) is 13.9. The molecule has 0 bridgehead atoms. The molecule has 0 aromatic heterocycles. The van der Waals surface area contributed by atoms with Crippen molar-refractivity contribution in [2.45, 2.75) is 18.2 Å². The lowest BCUT2D eigenvalue weighted by molar-refractivity contribution is 0.225. The SMILES string of the molecule is CN=S(C)(=O)c1ccc(OCC2CN(CCc3cccc(C#N)c3)CC2C)cc1. The largest absolute Gasteiger partial charge is 0.493 e. The number of hydrogen-bond donors (Lipinski definition) is 0. The van der Waals surface area contributed by atoms with Crippen LogP contribution in [0.25, 0.3) is 0 Å². The lowest BCUT2D eigenvalue weighted by Gasteiger charge is -2.17. The number of rotatable bonds is 7. The van der Waals surface area contributed by atoms with E-state index in [0.29, 0.717) is 18.4 Å². The smallest absolute Gasteiger partial charge is 0.119 e. The van der Waals surface area contributed by atoms with Crippen LogP contribution in [-0.4, -0.2) is 48.7 Å². The summed E-state index contributed by atoms with van der Waals surface area (Å²) in [5, 5.41) is 9.04. The molecule has 1 fully saturated rings. The third-order valence-corrected chi connectivity index (χ3v) is 7.53. The average Bonchev–Trinajstić information content (AvgIpc) is 3.10. The van der Waals surface area contributed by atoms with Crippen LogP contribution in [0.3, 0.4) is 0 Å². The summed E-state index contributed by atoms with van der Waals surface area (Å²) in [5.41, 5.74) is 1.93. The van der Waals surface area contributed by atoms with E-state index in [2.05, 4.69) is 28.3 Å². The van der Waals surface area contributed by atoms with Crippen LogP contribution in [0.15, 0.2) is 57.8 Å². The van der Waals surface area contributed by atoms with E-state index in [1.54, 1.807) is 13.3 Å². The van der Waals surface area contributed by atoms with Crippen LogP contribution < -0.4 is 4.74 Å². The second-order valence-corrected chi connectivity index (χ2v) is 10.3. The van der Waals surface area contributed by atoms with E-state index in [4.69, 9.17) is 10.00 Å². The second-order valence-electron chi connectivity index (χ2n) is 7.83. The number of ether oxygens (including phenoxy) is 1. The quantitative estimate of drug-likeness (QED) is 0.694. The molecule has 2 aromatic carbocycles. The van der Waals surface area contributed by atoms with Gasteiger partial charge in [0.2, 0.25) is 0 Å². The van der Waals surface area contributed by atoms with E-state index in [1.165, 1.54) is 5.56 Å².